The van der Waals surface area contributed by atoms with Crippen molar-refractivity contribution < 1.29 is 23.6 Å². The number of nitrogens with one attached hydrogen (secondary N) is 1. The largest absolute Gasteiger partial charge is 0.495 e. The second-order valence-corrected chi connectivity index (χ2v) is 7.78. The quantitative estimate of drug-likeness (QED) is 0.752. The Kier molecular flexibility index (Phi) is 5.88. The van der Waals surface area contributed by atoms with Gasteiger partial charge in [0.05, 0.1) is 18.7 Å². The summed E-state index contributed by atoms with van der Waals surface area (Å²) >= 11 is 0. The highest BCUT2D eigenvalue weighted by Crippen LogP contribution is 2.35. The Balaban J connectivity index is 1.54. The third-order valence-electron chi connectivity index (χ3n) is 5.75. The van der Waals surface area contributed by atoms with Gasteiger partial charge in [-0.25, -0.2) is 4.79 Å². The lowest BCUT2D eigenvalue weighted by Crippen LogP contribution is -2.63. The van der Waals surface area contributed by atoms with Crippen LogP contribution in [0.4, 0.5) is 10.5 Å². The minimum absolute atomic E-state index is 0.105. The zero-order valence-electron chi connectivity index (χ0n) is 17.5. The van der Waals surface area contributed by atoms with Crippen LogP contribution in [-0.2, 0) is 16.1 Å². The van der Waals surface area contributed by atoms with Crippen molar-refractivity contribution in [3.8, 4) is 5.75 Å². The summed E-state index contributed by atoms with van der Waals surface area (Å²) in [5.41, 5.74) is 0.522. The predicted octanol–water partition coefficient (Wildman–Crippen LogP) is 2.35. The van der Waals surface area contributed by atoms with Crippen molar-refractivity contribution in [2.45, 2.75) is 45.2 Å². The summed E-state index contributed by atoms with van der Waals surface area (Å²) in [6.45, 7) is 1.40. The van der Waals surface area contributed by atoms with Crippen LogP contribution in [0, 0.1) is 12.8 Å². The molecule has 2 aliphatic rings. The van der Waals surface area contributed by atoms with Crippen LogP contribution in [0.3, 0.4) is 0 Å². The zero-order valence-corrected chi connectivity index (χ0v) is 17.5. The maximum Gasteiger partial charge on any atom is 0.327 e. The molecule has 31 heavy (non-hydrogen) atoms. The standard InChI is InChI=1S/C21H25N5O5/c1-13-22-19(31-24-13)12-26-20(28)14-7-3-5-9-16(14)25(21(26)29)11-18(27)23-15-8-4-6-10-17(15)30-2/h4,6,8,10,14,16H,3,5,7,9,11-12H2,1-2H3,(H,23,27). The minimum Gasteiger partial charge on any atom is -0.495 e. The molecule has 2 atom stereocenters. The maximum atomic E-state index is 13.2. The third-order valence-corrected chi connectivity index (χ3v) is 5.75. The molecule has 1 aromatic carbocycles. The Hall–Kier alpha value is -3.43. The van der Waals surface area contributed by atoms with Crippen molar-refractivity contribution in [2.24, 2.45) is 5.92 Å². The van der Waals surface area contributed by atoms with E-state index in [4.69, 9.17) is 9.26 Å². The van der Waals surface area contributed by atoms with Gasteiger partial charge in [0.1, 0.15) is 18.8 Å². The van der Waals surface area contributed by atoms with Crippen LogP contribution in [0.1, 0.15) is 37.4 Å². The minimum atomic E-state index is -0.515. The summed E-state index contributed by atoms with van der Waals surface area (Å²) in [6.07, 6.45) is 3.20. The Morgan fingerprint density at radius 3 is 2.77 bits per heavy atom. The number of benzene rings is 1. The van der Waals surface area contributed by atoms with E-state index in [-0.39, 0.29) is 42.8 Å². The lowest BCUT2D eigenvalue weighted by atomic mass is 9.81. The summed E-state index contributed by atoms with van der Waals surface area (Å²) in [6, 6.07) is 6.25. The first-order valence-corrected chi connectivity index (χ1v) is 10.3. The van der Waals surface area contributed by atoms with Gasteiger partial charge in [0.25, 0.3) is 0 Å². The van der Waals surface area contributed by atoms with Crippen LogP contribution in [-0.4, -0.2) is 57.5 Å². The lowest BCUT2D eigenvalue weighted by molar-refractivity contribution is -0.142. The Labute approximate surface area is 179 Å². The Morgan fingerprint density at radius 1 is 1.26 bits per heavy atom. The molecule has 4 rings (SSSR count). The van der Waals surface area contributed by atoms with Gasteiger partial charge in [0.15, 0.2) is 5.82 Å². The topological polar surface area (TPSA) is 118 Å². The van der Waals surface area contributed by atoms with Crippen LogP contribution in [0.5, 0.6) is 5.75 Å². The SMILES string of the molecule is COc1ccccc1NC(=O)CN1C(=O)N(Cc2nc(C)no2)C(=O)C2CCCCC21. The van der Waals surface area contributed by atoms with Gasteiger partial charge in [-0.05, 0) is 31.9 Å². The summed E-state index contributed by atoms with van der Waals surface area (Å²) in [4.78, 5) is 45.8. The number of nitrogens with zero attached hydrogens (tertiary/aromatic N) is 4. The number of methoxy groups -OCH3 is 1. The van der Waals surface area contributed by atoms with Gasteiger partial charge < -0.3 is 19.5 Å². The smallest absolute Gasteiger partial charge is 0.327 e. The lowest BCUT2D eigenvalue weighted by Gasteiger charge is -2.46. The van der Waals surface area contributed by atoms with E-state index < -0.39 is 6.03 Å². The molecule has 164 valence electrons. The molecule has 2 aromatic rings. The van der Waals surface area contributed by atoms with E-state index in [0.717, 1.165) is 17.7 Å². The van der Waals surface area contributed by atoms with Crippen molar-refractivity contribution >= 4 is 23.5 Å². The molecule has 2 heterocycles. The van der Waals surface area contributed by atoms with Crippen molar-refractivity contribution in [3.05, 3.63) is 36.0 Å². The van der Waals surface area contributed by atoms with Gasteiger partial charge in [-0.1, -0.05) is 30.1 Å². The zero-order chi connectivity index (χ0) is 22.0. The number of amides is 4. The Bertz CT molecular complexity index is 990. The number of para-hydroxylation sites is 2. The second kappa shape index (κ2) is 8.75. The van der Waals surface area contributed by atoms with Crippen molar-refractivity contribution in [1.82, 2.24) is 19.9 Å². The molecule has 0 spiro atoms. The number of hydrogen-bond donors (Lipinski definition) is 1. The monoisotopic (exact) mass is 427 g/mol. The molecule has 0 radical (unpaired) electrons. The van der Waals surface area contributed by atoms with E-state index in [0.29, 0.717) is 30.1 Å². The number of carbonyl (C=O) groups excluding carboxylic acids is 3. The summed E-state index contributed by atoms with van der Waals surface area (Å²) in [5.74, 6) is 0.203. The number of urea groups is 1. The molecule has 4 amide bonds. The number of ether oxygens (including phenoxy) is 1. The van der Waals surface area contributed by atoms with Crippen LogP contribution < -0.4 is 10.1 Å². The molecule has 1 saturated carbocycles. The molecule has 10 nitrogen and oxygen atoms in total. The normalized spacial score (nSPS) is 21.1. The first kappa shape index (κ1) is 20.8. The molecule has 1 aliphatic carbocycles. The summed E-state index contributed by atoms with van der Waals surface area (Å²) < 4.78 is 10.4. The number of anilines is 1. The van der Waals surface area contributed by atoms with Crippen molar-refractivity contribution in [3.63, 3.8) is 0 Å². The second-order valence-electron chi connectivity index (χ2n) is 7.78. The molecule has 1 aliphatic heterocycles. The maximum absolute atomic E-state index is 13.2. The average molecular weight is 427 g/mol. The molecule has 0 bridgehead atoms. The highest BCUT2D eigenvalue weighted by atomic mass is 16.5. The summed E-state index contributed by atoms with van der Waals surface area (Å²) in [5, 5.41) is 6.52. The van der Waals surface area contributed by atoms with Gasteiger partial charge in [0, 0.05) is 6.04 Å². The third kappa shape index (κ3) is 4.23. The molecular formula is C21H25N5O5. The fraction of sp³-hybridized carbons (Fsp3) is 0.476. The van der Waals surface area contributed by atoms with Crippen molar-refractivity contribution in [1.29, 1.82) is 0 Å². The van der Waals surface area contributed by atoms with Crippen LogP contribution >= 0.6 is 0 Å². The molecule has 10 heteroatoms. The number of fused-ring (bicyclic) bond motifs is 1. The number of imide groups is 1. The van der Waals surface area contributed by atoms with Crippen LogP contribution in [0.2, 0.25) is 0 Å². The van der Waals surface area contributed by atoms with Gasteiger partial charge >= 0.3 is 6.03 Å². The number of rotatable bonds is 6. The number of hydrogen-bond acceptors (Lipinski definition) is 7. The fourth-order valence-electron chi connectivity index (χ4n) is 4.33. The van der Waals surface area contributed by atoms with Gasteiger partial charge in [0.2, 0.25) is 17.7 Å². The van der Waals surface area contributed by atoms with E-state index in [2.05, 4.69) is 15.5 Å². The molecule has 1 N–H and O–H groups in total. The van der Waals surface area contributed by atoms with Crippen LogP contribution in [0.25, 0.3) is 0 Å². The molecule has 1 aromatic heterocycles. The highest BCUT2D eigenvalue weighted by molar-refractivity contribution is 6.01. The highest BCUT2D eigenvalue weighted by Gasteiger charge is 2.47. The van der Waals surface area contributed by atoms with E-state index in [9.17, 15) is 14.4 Å². The van der Waals surface area contributed by atoms with E-state index in [1.54, 1.807) is 31.2 Å². The number of carbonyl (C=O) groups is 3. The number of aromatic nitrogens is 2. The molecule has 2 unspecified atom stereocenters. The first-order chi connectivity index (χ1) is 15.0. The molecule has 1 saturated heterocycles. The molecular weight excluding hydrogens is 402 g/mol. The number of aryl methyl sites for hydroxylation is 1. The van der Waals surface area contributed by atoms with Gasteiger partial charge in [-0.15, -0.1) is 0 Å². The first-order valence-electron chi connectivity index (χ1n) is 10.3. The van der Waals surface area contributed by atoms with E-state index in [1.165, 1.54) is 12.0 Å². The van der Waals surface area contributed by atoms with Crippen LogP contribution in [0.15, 0.2) is 28.8 Å². The summed E-state index contributed by atoms with van der Waals surface area (Å²) in [7, 11) is 1.52. The predicted molar refractivity (Wildman–Crippen MR) is 109 cm³/mol. The van der Waals surface area contributed by atoms with E-state index in [1.807, 2.05) is 0 Å². The van der Waals surface area contributed by atoms with Crippen molar-refractivity contribution in [2.75, 3.05) is 19.0 Å². The van der Waals surface area contributed by atoms with Gasteiger partial charge in [-0.2, -0.15) is 4.98 Å². The Morgan fingerprint density at radius 2 is 2.03 bits per heavy atom. The molecule has 2 fully saturated rings. The average Bonchev–Trinajstić information content (AvgIpc) is 3.19. The fourth-order valence-corrected chi connectivity index (χ4v) is 4.33. The van der Waals surface area contributed by atoms with E-state index >= 15 is 0 Å². The van der Waals surface area contributed by atoms with Gasteiger partial charge in [-0.3, -0.25) is 14.5 Å².